The topological polar surface area (TPSA) is 38.3 Å². The molecule has 0 saturated carbocycles. The fourth-order valence-electron chi connectivity index (χ4n) is 2.24. The van der Waals surface area contributed by atoms with Crippen molar-refractivity contribution in [3.05, 3.63) is 29.8 Å². The summed E-state index contributed by atoms with van der Waals surface area (Å²) in [5.41, 5.74) is 0.625. The second-order valence-electron chi connectivity index (χ2n) is 4.99. The molecule has 1 aliphatic heterocycles. The van der Waals surface area contributed by atoms with Gasteiger partial charge in [-0.1, -0.05) is 18.2 Å². The van der Waals surface area contributed by atoms with Gasteiger partial charge in [0, 0.05) is 10.9 Å². The minimum absolute atomic E-state index is 0.219. The number of carbonyl (C=O) groups excluding carboxylic acids is 1. The normalized spacial score (nSPS) is 19.2. The van der Waals surface area contributed by atoms with Gasteiger partial charge in [0.1, 0.15) is 5.54 Å². The Kier molecular flexibility index (Phi) is 3.97. The van der Waals surface area contributed by atoms with Crippen molar-refractivity contribution in [2.45, 2.75) is 36.7 Å². The number of ether oxygens (including phenoxy) is 1. The molecular weight excluding hydrogens is 246 g/mol. The lowest BCUT2D eigenvalue weighted by atomic mass is 9.98. The fourth-order valence-corrected chi connectivity index (χ4v) is 3.37. The van der Waals surface area contributed by atoms with Crippen LogP contribution in [0.25, 0.3) is 0 Å². The molecule has 0 bridgehead atoms. The maximum Gasteiger partial charge on any atom is 0.325 e. The van der Waals surface area contributed by atoms with Crippen LogP contribution in [0, 0.1) is 0 Å². The first-order valence-electron chi connectivity index (χ1n) is 6.12. The summed E-state index contributed by atoms with van der Waals surface area (Å²) in [4.78, 5) is 13.0. The van der Waals surface area contributed by atoms with Crippen LogP contribution in [0.15, 0.2) is 29.2 Å². The zero-order chi connectivity index (χ0) is 13.2. The molecule has 0 saturated heterocycles. The van der Waals surface area contributed by atoms with E-state index in [1.54, 1.807) is 0 Å². The van der Waals surface area contributed by atoms with E-state index < -0.39 is 5.54 Å². The summed E-state index contributed by atoms with van der Waals surface area (Å²) in [6.07, 6.45) is 1.03. The lowest BCUT2D eigenvalue weighted by Crippen LogP contribution is -2.49. The summed E-state index contributed by atoms with van der Waals surface area (Å²) in [6.45, 7) is 3.73. The summed E-state index contributed by atoms with van der Waals surface area (Å²) in [5.74, 6) is 0.851. The molecule has 1 aromatic carbocycles. The van der Waals surface area contributed by atoms with Crippen LogP contribution in [-0.4, -0.2) is 24.4 Å². The van der Waals surface area contributed by atoms with Crippen LogP contribution >= 0.6 is 11.8 Å². The largest absolute Gasteiger partial charge is 0.468 e. The minimum Gasteiger partial charge on any atom is -0.468 e. The predicted octanol–water partition coefficient (Wildman–Crippen LogP) is 2.76. The number of nitrogens with one attached hydrogen (secondary N) is 1. The molecule has 2 rings (SSSR count). The predicted molar refractivity (Wildman–Crippen MR) is 73.8 cm³/mol. The van der Waals surface area contributed by atoms with Crippen LogP contribution in [0.1, 0.15) is 31.9 Å². The number of hydrogen-bond donors (Lipinski definition) is 1. The van der Waals surface area contributed by atoms with Crippen LogP contribution in [0.4, 0.5) is 0 Å². The third kappa shape index (κ3) is 2.70. The number of thioether (sulfide) groups is 1. The highest BCUT2D eigenvalue weighted by atomic mass is 32.2. The van der Waals surface area contributed by atoms with E-state index in [-0.39, 0.29) is 12.0 Å². The third-order valence-electron chi connectivity index (χ3n) is 3.19. The summed E-state index contributed by atoms with van der Waals surface area (Å²) >= 11 is 1.88. The Morgan fingerprint density at radius 2 is 2.17 bits per heavy atom. The average molecular weight is 265 g/mol. The van der Waals surface area contributed by atoms with Crippen LogP contribution < -0.4 is 5.32 Å². The molecule has 0 fully saturated rings. The van der Waals surface area contributed by atoms with Crippen LogP contribution in [0.2, 0.25) is 0 Å². The lowest BCUT2D eigenvalue weighted by Gasteiger charge is -2.33. The van der Waals surface area contributed by atoms with E-state index in [0.717, 1.165) is 12.2 Å². The van der Waals surface area contributed by atoms with Gasteiger partial charge in [0.05, 0.1) is 7.11 Å². The van der Waals surface area contributed by atoms with Gasteiger partial charge in [-0.2, -0.15) is 0 Å². The van der Waals surface area contributed by atoms with Crippen LogP contribution in [-0.2, 0) is 9.53 Å². The summed E-state index contributed by atoms with van der Waals surface area (Å²) < 4.78 is 4.84. The molecule has 18 heavy (non-hydrogen) atoms. The standard InChI is InChI=1S/C14H19NO2S/c1-14(2,13(16)17-3)15-11-8-9-18-12-7-5-4-6-10(11)12/h4-7,11,15H,8-9H2,1-3H3. The molecule has 98 valence electrons. The Labute approximate surface area is 112 Å². The van der Waals surface area contributed by atoms with E-state index >= 15 is 0 Å². The first-order valence-corrected chi connectivity index (χ1v) is 7.11. The van der Waals surface area contributed by atoms with Crippen LogP contribution in [0.3, 0.4) is 0 Å². The number of methoxy groups -OCH3 is 1. The molecule has 0 amide bonds. The zero-order valence-electron chi connectivity index (χ0n) is 11.0. The van der Waals surface area contributed by atoms with Gasteiger partial charge in [-0.25, -0.2) is 0 Å². The Bertz CT molecular complexity index is 445. The first-order chi connectivity index (χ1) is 8.54. The van der Waals surface area contributed by atoms with Gasteiger partial charge in [0.25, 0.3) is 0 Å². The number of carbonyl (C=O) groups is 1. The molecule has 1 N–H and O–H groups in total. The molecule has 0 aliphatic carbocycles. The molecular formula is C14H19NO2S. The fraction of sp³-hybridized carbons (Fsp3) is 0.500. The monoisotopic (exact) mass is 265 g/mol. The highest BCUT2D eigenvalue weighted by Crippen LogP contribution is 2.36. The summed E-state index contributed by atoms with van der Waals surface area (Å²) in [5, 5.41) is 3.41. The van der Waals surface area contributed by atoms with E-state index in [9.17, 15) is 4.79 Å². The molecule has 1 heterocycles. The molecule has 1 unspecified atom stereocenters. The van der Waals surface area contributed by atoms with Gasteiger partial charge in [-0.15, -0.1) is 11.8 Å². The number of fused-ring (bicyclic) bond motifs is 1. The van der Waals surface area contributed by atoms with Crippen molar-refractivity contribution in [3.63, 3.8) is 0 Å². The highest BCUT2D eigenvalue weighted by Gasteiger charge is 2.33. The van der Waals surface area contributed by atoms with Gasteiger partial charge in [-0.3, -0.25) is 10.1 Å². The van der Waals surface area contributed by atoms with E-state index in [4.69, 9.17) is 4.74 Å². The third-order valence-corrected chi connectivity index (χ3v) is 4.31. The Hall–Kier alpha value is -1.00. The quantitative estimate of drug-likeness (QED) is 0.853. The van der Waals surface area contributed by atoms with E-state index in [1.165, 1.54) is 17.6 Å². The smallest absolute Gasteiger partial charge is 0.325 e. The van der Waals surface area contributed by atoms with Gasteiger partial charge in [-0.05, 0) is 37.7 Å². The number of rotatable bonds is 3. The Balaban J connectivity index is 2.19. The van der Waals surface area contributed by atoms with E-state index in [2.05, 4.69) is 23.5 Å². The van der Waals surface area contributed by atoms with Gasteiger partial charge in [0.2, 0.25) is 0 Å². The summed E-state index contributed by atoms with van der Waals surface area (Å²) in [7, 11) is 1.43. The van der Waals surface area contributed by atoms with Gasteiger partial charge in [0.15, 0.2) is 0 Å². The second-order valence-corrected chi connectivity index (χ2v) is 6.13. The van der Waals surface area contributed by atoms with Gasteiger partial charge >= 0.3 is 5.97 Å². The molecule has 0 aromatic heterocycles. The molecule has 0 spiro atoms. The number of hydrogen-bond acceptors (Lipinski definition) is 4. The van der Waals surface area contributed by atoms with E-state index in [0.29, 0.717) is 0 Å². The SMILES string of the molecule is COC(=O)C(C)(C)NC1CCSc2ccccc21. The molecule has 4 heteroatoms. The number of benzene rings is 1. The Morgan fingerprint density at radius 1 is 1.44 bits per heavy atom. The first kappa shape index (κ1) is 13.4. The van der Waals surface area contributed by atoms with Gasteiger partial charge < -0.3 is 4.74 Å². The van der Waals surface area contributed by atoms with Crippen molar-refractivity contribution in [3.8, 4) is 0 Å². The van der Waals surface area contributed by atoms with Crippen molar-refractivity contribution in [1.29, 1.82) is 0 Å². The van der Waals surface area contributed by atoms with Crippen molar-refractivity contribution in [1.82, 2.24) is 5.32 Å². The van der Waals surface area contributed by atoms with Crippen molar-refractivity contribution in [2.75, 3.05) is 12.9 Å². The summed E-state index contributed by atoms with van der Waals surface area (Å²) in [6, 6.07) is 8.59. The molecule has 0 radical (unpaired) electrons. The van der Waals surface area contributed by atoms with E-state index in [1.807, 2.05) is 31.7 Å². The molecule has 1 atom stereocenters. The van der Waals surface area contributed by atoms with Crippen LogP contribution in [0.5, 0.6) is 0 Å². The van der Waals surface area contributed by atoms with Crippen molar-refractivity contribution < 1.29 is 9.53 Å². The highest BCUT2D eigenvalue weighted by molar-refractivity contribution is 7.99. The minimum atomic E-state index is -0.658. The maximum atomic E-state index is 11.7. The van der Waals surface area contributed by atoms with Crippen molar-refractivity contribution in [2.24, 2.45) is 0 Å². The molecule has 1 aromatic rings. The molecule has 3 nitrogen and oxygen atoms in total. The van der Waals surface area contributed by atoms with Crippen molar-refractivity contribution >= 4 is 17.7 Å². The average Bonchev–Trinajstić information content (AvgIpc) is 2.38. The maximum absolute atomic E-state index is 11.7. The Morgan fingerprint density at radius 3 is 2.89 bits per heavy atom. The molecule has 1 aliphatic rings. The number of esters is 1. The zero-order valence-corrected chi connectivity index (χ0v) is 11.8. The lowest BCUT2D eigenvalue weighted by molar-refractivity contribution is -0.147. The second kappa shape index (κ2) is 5.33.